The number of anilines is 1. The molecule has 1 heterocycles. The monoisotopic (exact) mass is 253 g/mol. The summed E-state index contributed by atoms with van der Waals surface area (Å²) in [6, 6.07) is 4.34. The van der Waals surface area contributed by atoms with Crippen molar-refractivity contribution < 1.29 is 18.0 Å². The van der Waals surface area contributed by atoms with E-state index in [9.17, 15) is 18.0 Å². The summed E-state index contributed by atoms with van der Waals surface area (Å²) in [7, 11) is -2.11. The van der Waals surface area contributed by atoms with Gasteiger partial charge in [0, 0.05) is 12.6 Å². The zero-order valence-electron chi connectivity index (χ0n) is 9.43. The molecule has 1 aliphatic rings. The highest BCUT2D eigenvalue weighted by Crippen LogP contribution is 2.31. The Kier molecular flexibility index (Phi) is 2.54. The van der Waals surface area contributed by atoms with Crippen LogP contribution in [0.1, 0.15) is 17.3 Å². The number of benzene rings is 1. The molecule has 17 heavy (non-hydrogen) atoms. The Bertz CT molecular complexity index is 618. The van der Waals surface area contributed by atoms with Crippen LogP contribution in [0.15, 0.2) is 23.1 Å². The molecule has 1 amide bonds. The fraction of sp³-hybridized carbons (Fsp3) is 0.273. The third kappa shape index (κ3) is 1.84. The molecule has 0 saturated carbocycles. The Labute approximate surface area is 99.0 Å². The molecule has 0 unspecified atom stereocenters. The molecule has 0 bridgehead atoms. The molecule has 0 spiro atoms. The van der Waals surface area contributed by atoms with Crippen LogP contribution < -0.4 is 4.90 Å². The second kappa shape index (κ2) is 3.66. The Morgan fingerprint density at radius 2 is 2.00 bits per heavy atom. The molecule has 1 aliphatic heterocycles. The van der Waals surface area contributed by atoms with E-state index in [1.165, 1.54) is 37.1 Å². The van der Waals surface area contributed by atoms with Crippen LogP contribution in [0.4, 0.5) is 5.69 Å². The normalized spacial score (nSPS) is 17.8. The molecule has 2 rings (SSSR count). The van der Waals surface area contributed by atoms with Crippen molar-refractivity contribution in [1.29, 1.82) is 0 Å². The van der Waals surface area contributed by atoms with Gasteiger partial charge in [-0.3, -0.25) is 9.59 Å². The van der Waals surface area contributed by atoms with Crippen LogP contribution >= 0.6 is 0 Å². The van der Waals surface area contributed by atoms with E-state index in [4.69, 9.17) is 0 Å². The van der Waals surface area contributed by atoms with Crippen LogP contribution in [0.3, 0.4) is 0 Å². The van der Waals surface area contributed by atoms with Gasteiger partial charge in [0.05, 0.1) is 10.6 Å². The molecule has 6 heteroatoms. The molecule has 90 valence electrons. The van der Waals surface area contributed by atoms with E-state index < -0.39 is 21.5 Å². The maximum absolute atomic E-state index is 11.8. The van der Waals surface area contributed by atoms with Gasteiger partial charge in [-0.15, -0.1) is 0 Å². The summed E-state index contributed by atoms with van der Waals surface area (Å²) >= 11 is 0. The fourth-order valence-corrected chi connectivity index (χ4v) is 3.24. The Morgan fingerprint density at radius 3 is 2.59 bits per heavy atom. The smallest absolute Gasteiger partial charge is 0.242 e. The summed E-state index contributed by atoms with van der Waals surface area (Å²) in [5.74, 6) is -1.21. The number of fused-ring (bicyclic) bond motifs is 1. The van der Waals surface area contributed by atoms with Gasteiger partial charge in [0.1, 0.15) is 5.75 Å². The average Bonchev–Trinajstić information content (AvgIpc) is 2.25. The molecule has 0 saturated heterocycles. The minimum Gasteiger partial charge on any atom is -0.313 e. The first-order chi connectivity index (χ1) is 7.83. The minimum atomic E-state index is -3.62. The number of Topliss-reactive ketones (excluding diaryl/α,β-unsaturated/α-hetero) is 1. The van der Waals surface area contributed by atoms with Crippen LogP contribution in [0.25, 0.3) is 0 Å². The van der Waals surface area contributed by atoms with Crippen molar-refractivity contribution in [3.63, 3.8) is 0 Å². The van der Waals surface area contributed by atoms with E-state index in [0.717, 1.165) is 0 Å². The first kappa shape index (κ1) is 11.8. The van der Waals surface area contributed by atoms with Gasteiger partial charge < -0.3 is 4.90 Å². The number of carbonyl (C=O) groups excluding carboxylic acids is 2. The van der Waals surface area contributed by atoms with Crippen molar-refractivity contribution in [3.05, 3.63) is 23.8 Å². The van der Waals surface area contributed by atoms with Crippen molar-refractivity contribution in [1.82, 2.24) is 0 Å². The molecule has 0 N–H and O–H groups in total. The average molecular weight is 253 g/mol. The second-order valence-corrected chi connectivity index (χ2v) is 5.91. The lowest BCUT2D eigenvalue weighted by atomic mass is 10.1. The van der Waals surface area contributed by atoms with E-state index in [1.807, 2.05) is 0 Å². The molecule has 1 aromatic carbocycles. The minimum absolute atomic E-state index is 0.0484. The lowest BCUT2D eigenvalue weighted by Crippen LogP contribution is -2.38. The molecule has 1 aromatic rings. The molecular weight excluding hydrogens is 242 g/mol. The molecule has 0 fully saturated rings. The first-order valence-corrected chi connectivity index (χ1v) is 6.62. The number of amides is 1. The van der Waals surface area contributed by atoms with Gasteiger partial charge in [0.2, 0.25) is 5.91 Å². The Balaban J connectivity index is 2.72. The standard InChI is InChI=1S/C11H11NO4S/c1-7(13)8-3-4-9-10(5-8)17(15,16)6-11(14)12(9)2/h3-5H,6H2,1-2H3. The number of hydrogen-bond acceptors (Lipinski definition) is 4. The van der Waals surface area contributed by atoms with Crippen molar-refractivity contribution >= 4 is 27.2 Å². The third-order valence-corrected chi connectivity index (χ3v) is 4.37. The quantitative estimate of drug-likeness (QED) is 0.688. The molecule has 0 aromatic heterocycles. The number of carbonyl (C=O) groups is 2. The van der Waals surface area contributed by atoms with Crippen LogP contribution in [-0.4, -0.2) is 32.9 Å². The largest absolute Gasteiger partial charge is 0.313 e. The highest BCUT2D eigenvalue weighted by Gasteiger charge is 2.32. The van der Waals surface area contributed by atoms with Crippen LogP contribution in [0.5, 0.6) is 0 Å². The number of sulfone groups is 1. The Morgan fingerprint density at radius 1 is 1.35 bits per heavy atom. The van der Waals surface area contributed by atoms with Gasteiger partial charge >= 0.3 is 0 Å². The predicted molar refractivity (Wildman–Crippen MR) is 61.9 cm³/mol. The number of hydrogen-bond donors (Lipinski definition) is 0. The van der Waals surface area contributed by atoms with Gasteiger partial charge in [-0.05, 0) is 25.1 Å². The van der Waals surface area contributed by atoms with Gasteiger partial charge in [-0.25, -0.2) is 8.42 Å². The molecule has 0 radical (unpaired) electrons. The molecular formula is C11H11NO4S. The maximum atomic E-state index is 11.8. The van der Waals surface area contributed by atoms with Gasteiger partial charge in [-0.2, -0.15) is 0 Å². The predicted octanol–water partition coefficient (Wildman–Crippen LogP) is 0.639. The summed E-state index contributed by atoms with van der Waals surface area (Å²) in [5, 5.41) is 0. The van der Waals surface area contributed by atoms with Crippen molar-refractivity contribution in [3.8, 4) is 0 Å². The van der Waals surface area contributed by atoms with E-state index in [0.29, 0.717) is 11.3 Å². The van der Waals surface area contributed by atoms with Crippen LogP contribution in [0, 0.1) is 0 Å². The molecule has 0 aliphatic carbocycles. The molecule has 5 nitrogen and oxygen atoms in total. The maximum Gasteiger partial charge on any atom is 0.242 e. The van der Waals surface area contributed by atoms with E-state index in [-0.39, 0.29) is 10.7 Å². The van der Waals surface area contributed by atoms with Crippen molar-refractivity contribution in [2.24, 2.45) is 0 Å². The summed E-state index contributed by atoms with van der Waals surface area (Å²) in [5.41, 5.74) is 0.654. The SMILES string of the molecule is CC(=O)c1ccc2c(c1)S(=O)(=O)CC(=O)N2C. The third-order valence-electron chi connectivity index (χ3n) is 2.75. The van der Waals surface area contributed by atoms with E-state index in [2.05, 4.69) is 0 Å². The molecule has 0 atom stereocenters. The van der Waals surface area contributed by atoms with Crippen LogP contribution in [0.2, 0.25) is 0 Å². The number of nitrogens with zero attached hydrogens (tertiary/aromatic N) is 1. The van der Waals surface area contributed by atoms with Crippen LogP contribution in [-0.2, 0) is 14.6 Å². The summed E-state index contributed by atoms with van der Waals surface area (Å²) in [6.07, 6.45) is 0. The highest BCUT2D eigenvalue weighted by molar-refractivity contribution is 7.92. The summed E-state index contributed by atoms with van der Waals surface area (Å²) in [4.78, 5) is 24.0. The van der Waals surface area contributed by atoms with E-state index >= 15 is 0 Å². The van der Waals surface area contributed by atoms with Crippen molar-refractivity contribution in [2.75, 3.05) is 17.7 Å². The van der Waals surface area contributed by atoms with Gasteiger partial charge in [-0.1, -0.05) is 0 Å². The summed E-state index contributed by atoms with van der Waals surface area (Å²) in [6.45, 7) is 1.37. The highest BCUT2D eigenvalue weighted by atomic mass is 32.2. The lowest BCUT2D eigenvalue weighted by molar-refractivity contribution is -0.116. The first-order valence-electron chi connectivity index (χ1n) is 4.97. The zero-order valence-corrected chi connectivity index (χ0v) is 10.2. The Hall–Kier alpha value is -1.69. The fourth-order valence-electron chi connectivity index (χ4n) is 1.73. The topological polar surface area (TPSA) is 71.5 Å². The zero-order chi connectivity index (χ0) is 12.8. The number of ketones is 1. The van der Waals surface area contributed by atoms with Gasteiger partial charge in [0.15, 0.2) is 15.6 Å². The number of rotatable bonds is 1. The second-order valence-electron chi connectivity index (χ2n) is 3.95. The van der Waals surface area contributed by atoms with Crippen molar-refractivity contribution in [2.45, 2.75) is 11.8 Å². The lowest BCUT2D eigenvalue weighted by Gasteiger charge is -2.25. The van der Waals surface area contributed by atoms with E-state index in [1.54, 1.807) is 0 Å². The van der Waals surface area contributed by atoms with Gasteiger partial charge in [0.25, 0.3) is 0 Å². The summed E-state index contributed by atoms with van der Waals surface area (Å²) < 4.78 is 23.7.